The predicted octanol–water partition coefficient (Wildman–Crippen LogP) is 2.21. The molecule has 27 heavy (non-hydrogen) atoms. The number of benzene rings is 2. The summed E-state index contributed by atoms with van der Waals surface area (Å²) in [6.07, 6.45) is 1.03. The van der Waals surface area contributed by atoms with Crippen LogP contribution in [-0.2, 0) is 19.5 Å². The van der Waals surface area contributed by atoms with E-state index in [0.29, 0.717) is 23.9 Å². The number of fused-ring (bicyclic) bond motifs is 1. The van der Waals surface area contributed by atoms with E-state index in [-0.39, 0.29) is 0 Å². The van der Waals surface area contributed by atoms with E-state index in [0.717, 1.165) is 30.6 Å². The molecule has 0 spiro atoms. The molecule has 1 aromatic heterocycles. The fourth-order valence-corrected chi connectivity index (χ4v) is 3.41. The molecule has 0 radical (unpaired) electrons. The molecule has 0 saturated carbocycles. The Kier molecular flexibility index (Phi) is 4.68. The molecule has 0 bridgehead atoms. The van der Waals surface area contributed by atoms with Gasteiger partial charge in [0.2, 0.25) is 0 Å². The van der Waals surface area contributed by atoms with E-state index >= 15 is 0 Å². The average molecular weight is 367 g/mol. The largest absolute Gasteiger partial charge is 0.493 e. The summed E-state index contributed by atoms with van der Waals surface area (Å²) in [6.45, 7) is 2.24. The Bertz CT molecular complexity index is 1020. The molecule has 3 aromatic rings. The maximum atomic E-state index is 12.2. The molecule has 140 valence electrons. The normalized spacial score (nSPS) is 13.3. The molecular formula is C20H21N3O4. The molecule has 0 aliphatic carbocycles. The van der Waals surface area contributed by atoms with Crippen molar-refractivity contribution in [3.63, 3.8) is 0 Å². The number of aromatic nitrogens is 2. The van der Waals surface area contributed by atoms with E-state index in [1.165, 1.54) is 15.7 Å². The number of methoxy groups -OCH3 is 2. The van der Waals surface area contributed by atoms with E-state index < -0.39 is 5.76 Å². The van der Waals surface area contributed by atoms with Gasteiger partial charge in [-0.05, 0) is 47.9 Å². The van der Waals surface area contributed by atoms with Gasteiger partial charge >= 0.3 is 5.76 Å². The van der Waals surface area contributed by atoms with Crippen LogP contribution < -0.4 is 20.5 Å². The summed E-state index contributed by atoms with van der Waals surface area (Å²) in [5.41, 5.74) is 4.38. The van der Waals surface area contributed by atoms with Crippen molar-refractivity contribution in [1.29, 1.82) is 0 Å². The molecule has 0 fully saturated rings. The van der Waals surface area contributed by atoms with Crippen molar-refractivity contribution in [2.75, 3.05) is 20.8 Å². The van der Waals surface area contributed by atoms with Gasteiger partial charge in [-0.1, -0.05) is 23.4 Å². The van der Waals surface area contributed by atoms with E-state index in [9.17, 15) is 4.79 Å². The zero-order chi connectivity index (χ0) is 18.8. The lowest BCUT2D eigenvalue weighted by Crippen LogP contribution is -2.24. The van der Waals surface area contributed by atoms with Crippen molar-refractivity contribution in [2.24, 2.45) is 0 Å². The van der Waals surface area contributed by atoms with E-state index in [1.807, 2.05) is 6.07 Å². The van der Waals surface area contributed by atoms with Crippen LogP contribution in [0, 0.1) is 0 Å². The highest BCUT2D eigenvalue weighted by molar-refractivity contribution is 5.61. The number of ether oxygens (including phenoxy) is 2. The highest BCUT2D eigenvalue weighted by atomic mass is 16.5. The standard InChI is InChI=1S/C20H21N3O4/c1-25-17-6-5-15(10-18(17)26-2)19-22-27-20(24)23(19)12-13-3-4-14-7-8-21-11-16(14)9-13/h3-6,9-10,21H,7-8,11-12H2,1-2H3. The van der Waals surface area contributed by atoms with Gasteiger partial charge in [-0.2, -0.15) is 0 Å². The molecule has 0 unspecified atom stereocenters. The van der Waals surface area contributed by atoms with Crippen molar-refractivity contribution < 1.29 is 14.0 Å². The Morgan fingerprint density at radius 2 is 1.96 bits per heavy atom. The molecule has 2 aromatic carbocycles. The summed E-state index contributed by atoms with van der Waals surface area (Å²) in [7, 11) is 3.15. The minimum atomic E-state index is -0.490. The second-order valence-electron chi connectivity index (χ2n) is 6.46. The van der Waals surface area contributed by atoms with Gasteiger partial charge in [0, 0.05) is 12.1 Å². The van der Waals surface area contributed by atoms with Crippen LogP contribution in [0.4, 0.5) is 0 Å². The molecule has 2 heterocycles. The molecule has 7 nitrogen and oxygen atoms in total. The van der Waals surface area contributed by atoms with Gasteiger partial charge in [0.15, 0.2) is 17.3 Å². The van der Waals surface area contributed by atoms with Crippen LogP contribution in [0.25, 0.3) is 11.4 Å². The second-order valence-corrected chi connectivity index (χ2v) is 6.46. The molecule has 0 saturated heterocycles. The Morgan fingerprint density at radius 3 is 2.78 bits per heavy atom. The summed E-state index contributed by atoms with van der Waals surface area (Å²) in [6, 6.07) is 11.7. The SMILES string of the molecule is COc1ccc(-c2noc(=O)n2Cc2ccc3c(c2)CNCC3)cc1OC. The van der Waals surface area contributed by atoms with Gasteiger partial charge in [0.25, 0.3) is 0 Å². The second kappa shape index (κ2) is 7.28. The lowest BCUT2D eigenvalue weighted by atomic mass is 9.98. The zero-order valence-electron chi connectivity index (χ0n) is 15.3. The number of hydrogen-bond donors (Lipinski definition) is 1. The third-order valence-electron chi connectivity index (χ3n) is 4.83. The van der Waals surface area contributed by atoms with Crippen molar-refractivity contribution in [2.45, 2.75) is 19.5 Å². The number of nitrogens with one attached hydrogen (secondary N) is 1. The highest BCUT2D eigenvalue weighted by Gasteiger charge is 2.17. The van der Waals surface area contributed by atoms with Crippen molar-refractivity contribution in [1.82, 2.24) is 15.0 Å². The summed E-state index contributed by atoms with van der Waals surface area (Å²) < 4.78 is 17.1. The van der Waals surface area contributed by atoms with Crippen LogP contribution in [-0.4, -0.2) is 30.5 Å². The van der Waals surface area contributed by atoms with Crippen molar-refractivity contribution in [3.8, 4) is 22.9 Å². The average Bonchev–Trinajstić information content (AvgIpc) is 3.07. The zero-order valence-corrected chi connectivity index (χ0v) is 15.3. The molecule has 1 aliphatic heterocycles. The highest BCUT2D eigenvalue weighted by Crippen LogP contribution is 2.31. The Morgan fingerprint density at radius 1 is 1.11 bits per heavy atom. The molecule has 1 N–H and O–H groups in total. The minimum absolute atomic E-state index is 0.388. The molecule has 4 rings (SSSR count). The fourth-order valence-electron chi connectivity index (χ4n) is 3.41. The molecular weight excluding hydrogens is 346 g/mol. The Labute approximate surface area is 156 Å². The summed E-state index contributed by atoms with van der Waals surface area (Å²) >= 11 is 0. The van der Waals surface area contributed by atoms with Crippen molar-refractivity contribution in [3.05, 3.63) is 63.6 Å². The summed E-state index contributed by atoms with van der Waals surface area (Å²) in [5, 5.41) is 7.34. The van der Waals surface area contributed by atoms with Crippen LogP contribution in [0.1, 0.15) is 16.7 Å². The van der Waals surface area contributed by atoms with E-state index in [4.69, 9.17) is 14.0 Å². The lowest BCUT2D eigenvalue weighted by molar-refractivity contribution is 0.355. The third-order valence-corrected chi connectivity index (χ3v) is 4.83. The first-order valence-electron chi connectivity index (χ1n) is 8.80. The number of hydrogen-bond acceptors (Lipinski definition) is 6. The van der Waals surface area contributed by atoms with Crippen LogP contribution in [0.15, 0.2) is 45.7 Å². The Hall–Kier alpha value is -3.06. The number of nitrogens with zero attached hydrogens (tertiary/aromatic N) is 2. The first-order valence-corrected chi connectivity index (χ1v) is 8.80. The van der Waals surface area contributed by atoms with E-state index in [1.54, 1.807) is 26.4 Å². The Balaban J connectivity index is 1.69. The summed E-state index contributed by atoms with van der Waals surface area (Å²) in [5.74, 6) is 1.14. The predicted molar refractivity (Wildman–Crippen MR) is 100 cm³/mol. The molecule has 7 heteroatoms. The summed E-state index contributed by atoms with van der Waals surface area (Å²) in [4.78, 5) is 12.2. The monoisotopic (exact) mass is 367 g/mol. The minimum Gasteiger partial charge on any atom is -0.493 e. The molecule has 0 amide bonds. The molecule has 0 atom stereocenters. The van der Waals surface area contributed by atoms with Gasteiger partial charge in [-0.25, -0.2) is 4.79 Å². The van der Waals surface area contributed by atoms with Gasteiger partial charge in [-0.15, -0.1) is 0 Å². The quantitative estimate of drug-likeness (QED) is 0.745. The van der Waals surface area contributed by atoms with Crippen LogP contribution >= 0.6 is 0 Å². The first-order chi connectivity index (χ1) is 13.2. The van der Waals surface area contributed by atoms with Gasteiger partial charge < -0.3 is 14.8 Å². The first kappa shape index (κ1) is 17.4. The van der Waals surface area contributed by atoms with Gasteiger partial charge in [0.05, 0.1) is 20.8 Å². The van der Waals surface area contributed by atoms with Crippen molar-refractivity contribution >= 4 is 0 Å². The van der Waals surface area contributed by atoms with Crippen LogP contribution in [0.2, 0.25) is 0 Å². The maximum Gasteiger partial charge on any atom is 0.442 e. The fraction of sp³-hybridized carbons (Fsp3) is 0.300. The molecule has 1 aliphatic rings. The lowest BCUT2D eigenvalue weighted by Gasteiger charge is -2.18. The van der Waals surface area contributed by atoms with Crippen LogP contribution in [0.3, 0.4) is 0 Å². The maximum absolute atomic E-state index is 12.2. The third kappa shape index (κ3) is 3.33. The number of rotatable bonds is 5. The van der Waals surface area contributed by atoms with Gasteiger partial charge in [0.1, 0.15) is 0 Å². The van der Waals surface area contributed by atoms with Crippen LogP contribution in [0.5, 0.6) is 11.5 Å². The van der Waals surface area contributed by atoms with Gasteiger partial charge in [-0.3, -0.25) is 9.09 Å². The smallest absolute Gasteiger partial charge is 0.442 e. The van der Waals surface area contributed by atoms with E-state index in [2.05, 4.69) is 28.7 Å². The topological polar surface area (TPSA) is 78.5 Å².